The van der Waals surface area contributed by atoms with Gasteiger partial charge in [-0.15, -0.1) is 0 Å². The number of carbonyl (C=O) groups is 1. The summed E-state index contributed by atoms with van der Waals surface area (Å²) in [6.45, 7) is 0.596. The van der Waals surface area contributed by atoms with Gasteiger partial charge in [-0.2, -0.15) is 4.98 Å². The number of hydrogen-bond donors (Lipinski definition) is 2. The molecule has 7 nitrogen and oxygen atoms in total. The SMILES string of the molecule is O=C(O)c1ccc(NCCc2ncon2)nc1. The molecule has 2 heterocycles. The van der Waals surface area contributed by atoms with Gasteiger partial charge in [0.2, 0.25) is 6.39 Å². The van der Waals surface area contributed by atoms with E-state index in [4.69, 9.17) is 5.11 Å². The van der Waals surface area contributed by atoms with Crippen molar-refractivity contribution < 1.29 is 14.4 Å². The Balaban J connectivity index is 1.85. The van der Waals surface area contributed by atoms with Crippen LogP contribution in [0.3, 0.4) is 0 Å². The molecule has 0 aliphatic carbocycles. The molecular weight excluding hydrogens is 224 g/mol. The summed E-state index contributed by atoms with van der Waals surface area (Å²) in [7, 11) is 0. The molecule has 0 saturated heterocycles. The summed E-state index contributed by atoms with van der Waals surface area (Å²) >= 11 is 0. The van der Waals surface area contributed by atoms with E-state index < -0.39 is 5.97 Å². The zero-order valence-corrected chi connectivity index (χ0v) is 8.83. The summed E-state index contributed by atoms with van der Waals surface area (Å²) in [4.78, 5) is 18.4. The third-order valence-electron chi connectivity index (χ3n) is 2.07. The molecule has 0 aromatic carbocycles. The number of nitrogens with one attached hydrogen (secondary N) is 1. The second-order valence-electron chi connectivity index (χ2n) is 3.26. The van der Waals surface area contributed by atoms with E-state index in [1.165, 1.54) is 18.7 Å². The van der Waals surface area contributed by atoms with E-state index in [0.717, 1.165) is 0 Å². The van der Waals surface area contributed by atoms with E-state index in [-0.39, 0.29) is 5.56 Å². The van der Waals surface area contributed by atoms with Crippen LogP contribution in [-0.4, -0.2) is 32.7 Å². The summed E-state index contributed by atoms with van der Waals surface area (Å²) in [5, 5.41) is 15.4. The van der Waals surface area contributed by atoms with Crippen LogP contribution >= 0.6 is 0 Å². The molecule has 88 valence electrons. The van der Waals surface area contributed by atoms with Gasteiger partial charge in [0.1, 0.15) is 5.82 Å². The minimum Gasteiger partial charge on any atom is -0.478 e. The summed E-state index contributed by atoms with van der Waals surface area (Å²) in [6, 6.07) is 3.10. The van der Waals surface area contributed by atoms with Crippen molar-refractivity contribution in [3.8, 4) is 0 Å². The topological polar surface area (TPSA) is 101 Å². The van der Waals surface area contributed by atoms with Gasteiger partial charge in [-0.1, -0.05) is 5.16 Å². The van der Waals surface area contributed by atoms with E-state index in [0.29, 0.717) is 24.6 Å². The first-order valence-corrected chi connectivity index (χ1v) is 4.94. The Bertz CT molecular complexity index is 481. The highest BCUT2D eigenvalue weighted by Crippen LogP contribution is 2.05. The van der Waals surface area contributed by atoms with Gasteiger partial charge in [0.25, 0.3) is 0 Å². The Morgan fingerprint density at radius 1 is 1.41 bits per heavy atom. The molecule has 17 heavy (non-hydrogen) atoms. The molecule has 0 spiro atoms. The Kier molecular flexibility index (Phi) is 3.29. The normalized spacial score (nSPS) is 10.1. The number of carboxylic acid groups (broad SMARTS) is 1. The third-order valence-corrected chi connectivity index (χ3v) is 2.07. The van der Waals surface area contributed by atoms with Crippen LogP contribution < -0.4 is 5.32 Å². The zero-order chi connectivity index (χ0) is 12.1. The Morgan fingerprint density at radius 3 is 2.88 bits per heavy atom. The van der Waals surface area contributed by atoms with Gasteiger partial charge in [0, 0.05) is 19.2 Å². The Labute approximate surface area is 96.5 Å². The van der Waals surface area contributed by atoms with Crippen molar-refractivity contribution in [2.45, 2.75) is 6.42 Å². The highest BCUT2D eigenvalue weighted by atomic mass is 16.5. The number of hydrogen-bond acceptors (Lipinski definition) is 6. The van der Waals surface area contributed by atoms with Crippen molar-refractivity contribution in [1.82, 2.24) is 15.1 Å². The Hall–Kier alpha value is -2.44. The molecule has 0 radical (unpaired) electrons. The van der Waals surface area contributed by atoms with Crippen molar-refractivity contribution in [3.63, 3.8) is 0 Å². The van der Waals surface area contributed by atoms with Gasteiger partial charge < -0.3 is 14.9 Å². The van der Waals surface area contributed by atoms with Crippen molar-refractivity contribution in [1.29, 1.82) is 0 Å². The van der Waals surface area contributed by atoms with Crippen molar-refractivity contribution >= 4 is 11.8 Å². The number of anilines is 1. The number of aromatic carboxylic acids is 1. The van der Waals surface area contributed by atoms with Gasteiger partial charge in [0.05, 0.1) is 5.56 Å². The summed E-state index contributed by atoms with van der Waals surface area (Å²) in [5.74, 6) is 0.231. The van der Waals surface area contributed by atoms with Gasteiger partial charge in [-0.25, -0.2) is 9.78 Å². The summed E-state index contributed by atoms with van der Waals surface area (Å²) < 4.78 is 4.59. The molecule has 0 aliphatic heterocycles. The standard InChI is InChI=1S/C10H10N4O3/c15-10(16)7-1-2-8(12-5-7)11-4-3-9-13-6-17-14-9/h1-2,5-6H,3-4H2,(H,11,12)(H,15,16). The summed E-state index contributed by atoms with van der Waals surface area (Å²) in [6.07, 6.45) is 3.19. The highest BCUT2D eigenvalue weighted by molar-refractivity contribution is 5.87. The minimum absolute atomic E-state index is 0.161. The quantitative estimate of drug-likeness (QED) is 0.789. The fraction of sp³-hybridized carbons (Fsp3) is 0.200. The first-order valence-electron chi connectivity index (χ1n) is 4.94. The van der Waals surface area contributed by atoms with Crippen LogP contribution in [0.4, 0.5) is 5.82 Å². The first-order chi connectivity index (χ1) is 8.25. The van der Waals surface area contributed by atoms with Gasteiger partial charge >= 0.3 is 5.97 Å². The fourth-order valence-electron chi connectivity index (χ4n) is 1.23. The van der Waals surface area contributed by atoms with Gasteiger partial charge in [0.15, 0.2) is 5.82 Å². The molecule has 2 N–H and O–H groups in total. The molecule has 0 bridgehead atoms. The molecule has 2 aromatic rings. The maximum atomic E-state index is 10.6. The predicted molar refractivity (Wildman–Crippen MR) is 57.7 cm³/mol. The van der Waals surface area contributed by atoms with Crippen molar-refractivity contribution in [2.24, 2.45) is 0 Å². The maximum absolute atomic E-state index is 10.6. The number of aromatic nitrogens is 3. The van der Waals surface area contributed by atoms with E-state index in [2.05, 4.69) is 25.0 Å². The molecule has 2 rings (SSSR count). The third kappa shape index (κ3) is 3.00. The molecule has 0 amide bonds. The molecule has 0 unspecified atom stereocenters. The average molecular weight is 234 g/mol. The molecule has 0 atom stereocenters. The van der Waals surface area contributed by atoms with Crippen molar-refractivity contribution in [2.75, 3.05) is 11.9 Å². The number of carboxylic acids is 1. The number of nitrogens with zero attached hydrogens (tertiary/aromatic N) is 3. The lowest BCUT2D eigenvalue weighted by Crippen LogP contribution is -2.07. The largest absolute Gasteiger partial charge is 0.478 e. The molecule has 0 saturated carbocycles. The van der Waals surface area contributed by atoms with Crippen LogP contribution in [0.5, 0.6) is 0 Å². The maximum Gasteiger partial charge on any atom is 0.337 e. The molecule has 0 aliphatic rings. The smallest absolute Gasteiger partial charge is 0.337 e. The molecule has 0 fully saturated rings. The van der Waals surface area contributed by atoms with Gasteiger partial charge in [-0.05, 0) is 12.1 Å². The van der Waals surface area contributed by atoms with Crippen LogP contribution in [0.1, 0.15) is 16.2 Å². The van der Waals surface area contributed by atoms with Crippen molar-refractivity contribution in [3.05, 3.63) is 36.1 Å². The summed E-state index contributed by atoms with van der Waals surface area (Å²) in [5.41, 5.74) is 0.161. The van der Waals surface area contributed by atoms with Gasteiger partial charge in [-0.3, -0.25) is 0 Å². The second-order valence-corrected chi connectivity index (χ2v) is 3.26. The molecule has 7 heteroatoms. The van der Waals surface area contributed by atoms with Crippen LogP contribution in [0.15, 0.2) is 29.2 Å². The number of pyridine rings is 1. The lowest BCUT2D eigenvalue weighted by atomic mass is 10.3. The predicted octanol–water partition coefficient (Wildman–Crippen LogP) is 0.817. The monoisotopic (exact) mass is 234 g/mol. The first kappa shape index (κ1) is 11.1. The Morgan fingerprint density at radius 2 is 2.29 bits per heavy atom. The van der Waals surface area contributed by atoms with Crippen LogP contribution in [0, 0.1) is 0 Å². The molecule has 2 aromatic heterocycles. The average Bonchev–Trinajstić information content (AvgIpc) is 2.83. The number of rotatable bonds is 5. The van der Waals surface area contributed by atoms with E-state index in [9.17, 15) is 4.79 Å². The lowest BCUT2D eigenvalue weighted by Gasteiger charge is -2.03. The van der Waals surface area contributed by atoms with Crippen LogP contribution in [0.25, 0.3) is 0 Å². The minimum atomic E-state index is -0.990. The molecular formula is C10H10N4O3. The van der Waals surface area contributed by atoms with E-state index in [1.54, 1.807) is 6.07 Å². The van der Waals surface area contributed by atoms with Crippen LogP contribution in [0.2, 0.25) is 0 Å². The van der Waals surface area contributed by atoms with E-state index >= 15 is 0 Å². The lowest BCUT2D eigenvalue weighted by molar-refractivity contribution is 0.0696. The highest BCUT2D eigenvalue weighted by Gasteiger charge is 2.03. The zero-order valence-electron chi connectivity index (χ0n) is 8.83. The van der Waals surface area contributed by atoms with Crippen LogP contribution in [-0.2, 0) is 6.42 Å². The second kappa shape index (κ2) is 5.06. The van der Waals surface area contributed by atoms with E-state index in [1.807, 2.05) is 0 Å². The fourth-order valence-corrected chi connectivity index (χ4v) is 1.23.